The number of nitrogens with one attached hydrogen (secondary N) is 1. The van der Waals surface area contributed by atoms with Gasteiger partial charge in [0.25, 0.3) is 0 Å². The summed E-state index contributed by atoms with van der Waals surface area (Å²) in [5.41, 5.74) is 1.88. The molecule has 0 fully saturated rings. The van der Waals surface area contributed by atoms with Crippen molar-refractivity contribution in [1.82, 2.24) is 5.32 Å². The zero-order valence-electron chi connectivity index (χ0n) is 16.7. The van der Waals surface area contributed by atoms with Gasteiger partial charge in [0.2, 0.25) is 0 Å². The van der Waals surface area contributed by atoms with Gasteiger partial charge in [-0.05, 0) is 55.0 Å². The van der Waals surface area contributed by atoms with E-state index in [9.17, 15) is 10.2 Å². The first-order valence-electron chi connectivity index (χ1n) is 8.92. The molecule has 5 nitrogen and oxygen atoms in total. The van der Waals surface area contributed by atoms with Gasteiger partial charge in [0, 0.05) is 10.9 Å². The molecule has 2 aromatic carbocycles. The van der Waals surface area contributed by atoms with Gasteiger partial charge in [-0.25, -0.2) is 0 Å². The van der Waals surface area contributed by atoms with Crippen LogP contribution in [-0.2, 0) is 6.42 Å². The van der Waals surface area contributed by atoms with E-state index in [2.05, 4.69) is 5.32 Å². The first-order valence-corrected chi connectivity index (χ1v) is 10.1. The van der Waals surface area contributed by atoms with Gasteiger partial charge in [-0.2, -0.15) is 0 Å². The summed E-state index contributed by atoms with van der Waals surface area (Å²) in [4.78, 5) is 1.14. The second-order valence-electron chi connectivity index (χ2n) is 6.47. The third-order valence-electron chi connectivity index (χ3n) is 4.52. The summed E-state index contributed by atoms with van der Waals surface area (Å²) in [7, 11) is 3.23. The van der Waals surface area contributed by atoms with E-state index in [1.165, 1.54) is 0 Å². The molecule has 0 amide bonds. The average Bonchev–Trinajstić information content (AvgIpc) is 2.71. The maximum Gasteiger partial charge on any atom is 0.160 e. The minimum absolute atomic E-state index is 0. The van der Waals surface area contributed by atoms with Crippen molar-refractivity contribution in [2.45, 2.75) is 36.4 Å². The quantitative estimate of drug-likeness (QED) is 0.504. The molecule has 0 aliphatic rings. The molecule has 28 heavy (non-hydrogen) atoms. The number of halogens is 1. The number of aliphatic hydroxyl groups excluding tert-OH is 2. The van der Waals surface area contributed by atoms with E-state index in [-0.39, 0.29) is 25.1 Å². The number of ether oxygens (including phenoxy) is 2. The Morgan fingerprint density at radius 3 is 2.21 bits per heavy atom. The highest BCUT2D eigenvalue weighted by Gasteiger charge is 2.22. The predicted molar refractivity (Wildman–Crippen MR) is 117 cm³/mol. The molecule has 0 heterocycles. The van der Waals surface area contributed by atoms with Crippen molar-refractivity contribution in [3.63, 3.8) is 0 Å². The molecule has 0 aliphatic carbocycles. The zero-order valence-corrected chi connectivity index (χ0v) is 18.3. The molecule has 0 bridgehead atoms. The third kappa shape index (κ3) is 6.57. The van der Waals surface area contributed by atoms with Crippen molar-refractivity contribution in [2.75, 3.05) is 27.1 Å². The Bertz CT molecular complexity index is 714. The fraction of sp³-hybridized carbons (Fsp3) is 0.429. The number of rotatable bonds is 10. The SMILES string of the molecule is COc1ccc(CC(C)N[C@@H](CO)[C@@H](O)c2ccc(SC)cc2)cc1OC.Cl. The highest BCUT2D eigenvalue weighted by molar-refractivity contribution is 7.98. The van der Waals surface area contributed by atoms with Crippen LogP contribution in [0.3, 0.4) is 0 Å². The van der Waals surface area contributed by atoms with Crippen LogP contribution in [0.2, 0.25) is 0 Å². The Kier molecular flexibility index (Phi) is 10.7. The highest BCUT2D eigenvalue weighted by Crippen LogP contribution is 2.28. The second-order valence-corrected chi connectivity index (χ2v) is 7.35. The summed E-state index contributed by atoms with van der Waals surface area (Å²) in [6.45, 7) is 1.88. The summed E-state index contributed by atoms with van der Waals surface area (Å²) < 4.78 is 10.6. The maximum atomic E-state index is 10.6. The van der Waals surface area contributed by atoms with Crippen LogP contribution in [0, 0.1) is 0 Å². The molecule has 3 atom stereocenters. The van der Waals surface area contributed by atoms with Crippen LogP contribution in [0.1, 0.15) is 24.2 Å². The van der Waals surface area contributed by atoms with Gasteiger partial charge in [-0.3, -0.25) is 0 Å². The predicted octanol–water partition coefficient (Wildman–Crippen LogP) is 3.46. The van der Waals surface area contributed by atoms with E-state index in [0.29, 0.717) is 11.5 Å². The van der Waals surface area contributed by atoms with Crippen LogP contribution in [0.15, 0.2) is 47.4 Å². The Morgan fingerprint density at radius 2 is 1.68 bits per heavy atom. The zero-order chi connectivity index (χ0) is 19.8. The van der Waals surface area contributed by atoms with E-state index in [0.717, 1.165) is 22.4 Å². The van der Waals surface area contributed by atoms with Gasteiger partial charge in [-0.1, -0.05) is 18.2 Å². The maximum absolute atomic E-state index is 10.6. The first-order chi connectivity index (χ1) is 13.0. The van der Waals surface area contributed by atoms with Gasteiger partial charge in [-0.15, -0.1) is 24.2 Å². The van der Waals surface area contributed by atoms with Gasteiger partial charge in [0.05, 0.1) is 33.0 Å². The molecule has 156 valence electrons. The number of benzene rings is 2. The Morgan fingerprint density at radius 1 is 1.04 bits per heavy atom. The van der Waals surface area contributed by atoms with E-state index in [1.807, 2.05) is 55.6 Å². The van der Waals surface area contributed by atoms with Crippen molar-refractivity contribution in [3.05, 3.63) is 53.6 Å². The monoisotopic (exact) mass is 427 g/mol. The van der Waals surface area contributed by atoms with Crippen molar-refractivity contribution < 1.29 is 19.7 Å². The molecule has 0 radical (unpaired) electrons. The summed E-state index contributed by atoms with van der Waals surface area (Å²) in [6, 6.07) is 13.2. The van der Waals surface area contributed by atoms with E-state index >= 15 is 0 Å². The van der Waals surface area contributed by atoms with Crippen molar-refractivity contribution in [1.29, 1.82) is 0 Å². The first kappa shape index (κ1) is 24.6. The summed E-state index contributed by atoms with van der Waals surface area (Å²) in [5.74, 6) is 1.38. The Hall–Kier alpha value is -1.44. The highest BCUT2D eigenvalue weighted by atomic mass is 35.5. The average molecular weight is 428 g/mol. The van der Waals surface area contributed by atoms with Crippen molar-refractivity contribution >= 4 is 24.2 Å². The normalized spacial score (nSPS) is 13.9. The van der Waals surface area contributed by atoms with Gasteiger partial charge in [0.1, 0.15) is 0 Å². The third-order valence-corrected chi connectivity index (χ3v) is 5.27. The molecule has 1 unspecified atom stereocenters. The fourth-order valence-corrected chi connectivity index (χ4v) is 3.47. The molecule has 7 heteroatoms. The lowest BCUT2D eigenvalue weighted by molar-refractivity contribution is 0.0844. The lowest BCUT2D eigenvalue weighted by Crippen LogP contribution is -2.44. The molecule has 2 rings (SSSR count). The molecule has 3 N–H and O–H groups in total. The number of thioether (sulfide) groups is 1. The van der Waals surface area contributed by atoms with E-state index in [1.54, 1.807) is 26.0 Å². The Balaban J connectivity index is 0.00000392. The molecule has 0 aromatic heterocycles. The van der Waals surface area contributed by atoms with Crippen molar-refractivity contribution in [3.8, 4) is 11.5 Å². The molecule has 0 spiro atoms. The smallest absolute Gasteiger partial charge is 0.160 e. The van der Waals surface area contributed by atoms with Gasteiger partial charge in [0.15, 0.2) is 11.5 Å². The standard InChI is InChI=1S/C21H29NO4S.ClH/c1-14(11-15-5-10-19(25-2)20(12-15)26-3)22-18(13-23)21(24)16-6-8-17(27-4)9-7-16;/h5-10,12,14,18,21-24H,11,13H2,1-4H3;1H/t14?,18-,21-;/m0./s1. The van der Waals surface area contributed by atoms with E-state index < -0.39 is 12.1 Å². The summed E-state index contributed by atoms with van der Waals surface area (Å²) in [6.07, 6.45) is 1.97. The lowest BCUT2D eigenvalue weighted by Gasteiger charge is -2.26. The lowest BCUT2D eigenvalue weighted by atomic mass is 10.0. The molecule has 0 saturated heterocycles. The second kappa shape index (κ2) is 12.2. The molecular weight excluding hydrogens is 398 g/mol. The number of aliphatic hydroxyl groups is 2. The molecule has 0 saturated carbocycles. The minimum atomic E-state index is -0.779. The Labute approximate surface area is 177 Å². The van der Waals surface area contributed by atoms with Crippen LogP contribution < -0.4 is 14.8 Å². The van der Waals surface area contributed by atoms with E-state index in [4.69, 9.17) is 9.47 Å². The van der Waals surface area contributed by atoms with Crippen LogP contribution >= 0.6 is 24.2 Å². The number of hydrogen-bond donors (Lipinski definition) is 3. The number of hydrogen-bond acceptors (Lipinski definition) is 6. The molecule has 2 aromatic rings. The molecular formula is C21H30ClNO4S. The number of methoxy groups -OCH3 is 2. The largest absolute Gasteiger partial charge is 0.493 e. The summed E-state index contributed by atoms with van der Waals surface area (Å²) in [5, 5.41) is 23.7. The van der Waals surface area contributed by atoms with Crippen LogP contribution in [0.5, 0.6) is 11.5 Å². The van der Waals surface area contributed by atoms with Gasteiger partial charge < -0.3 is 25.0 Å². The van der Waals surface area contributed by atoms with Crippen LogP contribution in [0.4, 0.5) is 0 Å². The fourth-order valence-electron chi connectivity index (χ4n) is 3.06. The summed E-state index contributed by atoms with van der Waals surface area (Å²) >= 11 is 1.65. The van der Waals surface area contributed by atoms with Crippen LogP contribution in [-0.4, -0.2) is 49.4 Å². The van der Waals surface area contributed by atoms with Gasteiger partial charge >= 0.3 is 0 Å². The van der Waals surface area contributed by atoms with Crippen LogP contribution in [0.25, 0.3) is 0 Å². The topological polar surface area (TPSA) is 71.0 Å². The minimum Gasteiger partial charge on any atom is -0.493 e. The molecule has 0 aliphatic heterocycles. The van der Waals surface area contributed by atoms with Crippen molar-refractivity contribution in [2.24, 2.45) is 0 Å².